The van der Waals surface area contributed by atoms with Crippen LogP contribution in [0, 0.1) is 0 Å². The number of hydrogen-bond acceptors (Lipinski definition) is 8. The van der Waals surface area contributed by atoms with Crippen molar-refractivity contribution in [3.05, 3.63) is 120 Å². The Morgan fingerprint density at radius 1 is 1.21 bits per heavy atom. The summed E-state index contributed by atoms with van der Waals surface area (Å²) in [4.78, 5) is 16.8. The Morgan fingerprint density at radius 2 is 2.04 bits per heavy atom. The Bertz CT molecular complexity index is 1820. The maximum Gasteiger partial charge on any atom is 0.142 e. The maximum atomic E-state index is 14.4. The smallest absolute Gasteiger partial charge is 0.142 e. The molecule has 5 heterocycles. The standard InChI is InChI=1S/C34H35FN4O3S.C3H4O/c1-23-30-22-29(37-39(30)16-15-38(23)2)25-13-20-41-19-12-24(35)8-7-10-27-32(25)36-33(28-14-21-43-34(27)28)26-9-3-4-11-31(26)42-18-6-5-17-40;1-2-3-4/h3-12,14,19,21-23,25,40H,13,15-18,20H2,1-2H3;2-3H,1H2/b6-5+,10-7+,19-12+,24-8+;. The molecule has 244 valence electrons. The van der Waals surface area contributed by atoms with Crippen molar-refractivity contribution in [3.63, 3.8) is 0 Å². The molecule has 0 saturated heterocycles. The van der Waals surface area contributed by atoms with Crippen molar-refractivity contribution in [1.82, 2.24) is 19.7 Å². The Kier molecular flexibility index (Phi) is 11.7. The van der Waals surface area contributed by atoms with Gasteiger partial charge in [0.25, 0.3) is 0 Å². The minimum absolute atomic E-state index is 0.0348. The van der Waals surface area contributed by atoms with E-state index in [-0.39, 0.29) is 24.4 Å². The van der Waals surface area contributed by atoms with E-state index in [1.807, 2.05) is 30.3 Å². The van der Waals surface area contributed by atoms with Crippen LogP contribution in [-0.4, -0.2) is 64.5 Å². The number of hydrogen-bond donors (Lipinski definition) is 1. The highest BCUT2D eigenvalue weighted by Crippen LogP contribution is 2.42. The van der Waals surface area contributed by atoms with E-state index in [4.69, 9.17) is 29.5 Å². The highest BCUT2D eigenvalue weighted by molar-refractivity contribution is 7.17. The summed E-state index contributed by atoms with van der Waals surface area (Å²) < 4.78 is 29.5. The van der Waals surface area contributed by atoms with Gasteiger partial charge in [0.2, 0.25) is 0 Å². The Labute approximate surface area is 278 Å². The number of allylic oxidation sites excluding steroid dienone is 5. The lowest BCUT2D eigenvalue weighted by atomic mass is 9.91. The molecule has 0 saturated carbocycles. The summed E-state index contributed by atoms with van der Waals surface area (Å²) in [5.74, 6) is 0.156. The summed E-state index contributed by atoms with van der Waals surface area (Å²) in [6, 6.07) is 12.4. The Morgan fingerprint density at radius 3 is 2.85 bits per heavy atom. The predicted octanol–water partition coefficient (Wildman–Crippen LogP) is 7.40. The summed E-state index contributed by atoms with van der Waals surface area (Å²) in [6.07, 6.45) is 13.8. The molecule has 47 heavy (non-hydrogen) atoms. The molecule has 0 fully saturated rings. The van der Waals surface area contributed by atoms with E-state index in [0.717, 1.165) is 51.4 Å². The fourth-order valence-electron chi connectivity index (χ4n) is 5.66. The van der Waals surface area contributed by atoms with Gasteiger partial charge in [-0.3, -0.25) is 19.4 Å². The number of likely N-dealkylation sites (N-methyl/N-ethyl adjacent to an activating group) is 1. The van der Waals surface area contributed by atoms with E-state index in [1.54, 1.807) is 29.6 Å². The summed E-state index contributed by atoms with van der Waals surface area (Å²) in [7, 11) is 2.14. The number of pyridine rings is 1. The molecule has 0 bridgehead atoms. The lowest BCUT2D eigenvalue weighted by Gasteiger charge is -2.30. The van der Waals surface area contributed by atoms with Gasteiger partial charge in [0, 0.05) is 45.8 Å². The van der Waals surface area contributed by atoms with E-state index in [1.165, 1.54) is 30.2 Å². The first-order chi connectivity index (χ1) is 23.0. The van der Waals surface area contributed by atoms with Crippen LogP contribution in [0.15, 0.2) is 96.9 Å². The zero-order valence-electron chi connectivity index (χ0n) is 26.6. The van der Waals surface area contributed by atoms with Gasteiger partial charge in [0.1, 0.15) is 24.5 Å². The topological polar surface area (TPSA) is 89.7 Å². The van der Waals surface area contributed by atoms with Gasteiger partial charge in [-0.05, 0) is 68.3 Å². The van der Waals surface area contributed by atoms with Gasteiger partial charge in [-0.15, -0.1) is 11.3 Å². The molecule has 3 aromatic heterocycles. The lowest BCUT2D eigenvalue weighted by Crippen LogP contribution is -2.33. The van der Waals surface area contributed by atoms with Gasteiger partial charge in [0.05, 0.1) is 48.8 Å². The minimum Gasteiger partial charge on any atom is -0.501 e. The molecule has 2 atom stereocenters. The zero-order valence-corrected chi connectivity index (χ0v) is 27.4. The number of carbonyl (C=O) groups is 1. The average molecular weight is 655 g/mol. The van der Waals surface area contributed by atoms with Crippen molar-refractivity contribution < 1.29 is 23.8 Å². The molecule has 0 aliphatic carbocycles. The number of carbonyl (C=O) groups excluding carboxylic acids is 1. The Balaban J connectivity index is 0.00000103. The second kappa shape index (κ2) is 16.3. The number of rotatable bonds is 7. The molecule has 0 radical (unpaired) electrons. The number of para-hydroxylation sites is 1. The van der Waals surface area contributed by atoms with Crippen molar-refractivity contribution in [3.8, 4) is 17.0 Å². The number of fused-ring (bicyclic) bond motifs is 4. The number of aldehydes is 1. The second-order valence-electron chi connectivity index (χ2n) is 11.1. The quantitative estimate of drug-likeness (QED) is 0.126. The van der Waals surface area contributed by atoms with Crippen LogP contribution in [0.25, 0.3) is 27.4 Å². The van der Waals surface area contributed by atoms with Crippen LogP contribution in [0.1, 0.15) is 47.9 Å². The number of nitrogens with zero attached hydrogens (tertiary/aromatic N) is 4. The lowest BCUT2D eigenvalue weighted by molar-refractivity contribution is -0.104. The maximum absolute atomic E-state index is 14.4. The van der Waals surface area contributed by atoms with Crippen LogP contribution >= 0.6 is 11.3 Å². The highest BCUT2D eigenvalue weighted by atomic mass is 32.1. The molecule has 8 nitrogen and oxygen atoms in total. The SMILES string of the molecule is C=CC=O.CC1c2cc(C3CCO/C=C/C(F)=C\C=C\c4c3nc(-c3ccccc3OC/C=C/CO)c3ccsc43)nn2CCN1C. The van der Waals surface area contributed by atoms with Gasteiger partial charge < -0.3 is 14.6 Å². The van der Waals surface area contributed by atoms with E-state index < -0.39 is 0 Å². The molecular weight excluding hydrogens is 615 g/mol. The summed E-state index contributed by atoms with van der Waals surface area (Å²) in [5, 5.41) is 17.3. The molecule has 1 N–H and O–H groups in total. The first kappa shape index (κ1) is 33.7. The first-order valence-electron chi connectivity index (χ1n) is 15.5. The van der Waals surface area contributed by atoms with Crippen LogP contribution in [-0.2, 0) is 16.1 Å². The van der Waals surface area contributed by atoms with E-state index in [2.05, 4.69) is 47.6 Å². The molecule has 0 spiro atoms. The Hall–Kier alpha value is -4.64. The van der Waals surface area contributed by atoms with Crippen LogP contribution in [0.4, 0.5) is 4.39 Å². The first-order valence-corrected chi connectivity index (χ1v) is 16.4. The third-order valence-corrected chi connectivity index (χ3v) is 9.10. The van der Waals surface area contributed by atoms with Crippen molar-refractivity contribution in [2.75, 3.05) is 33.4 Å². The zero-order chi connectivity index (χ0) is 33.2. The monoisotopic (exact) mass is 654 g/mol. The van der Waals surface area contributed by atoms with Crippen LogP contribution in [0.3, 0.4) is 0 Å². The molecule has 2 unspecified atom stereocenters. The van der Waals surface area contributed by atoms with E-state index in [9.17, 15) is 4.39 Å². The number of aliphatic hydroxyl groups excluding tert-OH is 1. The largest absolute Gasteiger partial charge is 0.501 e. The molecule has 0 amide bonds. The number of thiophene rings is 1. The van der Waals surface area contributed by atoms with E-state index in [0.29, 0.717) is 31.7 Å². The van der Waals surface area contributed by atoms with E-state index >= 15 is 0 Å². The number of aromatic nitrogens is 3. The second-order valence-corrected chi connectivity index (χ2v) is 12.0. The number of halogens is 1. The third kappa shape index (κ3) is 7.85. The molecule has 4 aromatic rings. The number of benzene rings is 1. The number of aliphatic hydroxyl groups is 1. The normalized spacial score (nSPS) is 20.6. The van der Waals surface area contributed by atoms with Crippen molar-refractivity contribution >= 4 is 33.8 Å². The molecule has 6 rings (SSSR count). The summed E-state index contributed by atoms with van der Waals surface area (Å²) in [6.45, 7) is 7.76. The molecule has 2 aliphatic heterocycles. The summed E-state index contributed by atoms with van der Waals surface area (Å²) in [5.41, 5.74) is 5.66. The minimum atomic E-state index is -0.386. The molecule has 2 aliphatic rings. The third-order valence-electron chi connectivity index (χ3n) is 8.16. The fourth-order valence-corrected chi connectivity index (χ4v) is 6.59. The predicted molar refractivity (Wildman–Crippen MR) is 186 cm³/mol. The van der Waals surface area contributed by atoms with Crippen molar-refractivity contribution in [2.45, 2.75) is 31.8 Å². The van der Waals surface area contributed by atoms with Crippen molar-refractivity contribution in [2.24, 2.45) is 0 Å². The number of ether oxygens (including phenoxy) is 2. The molecular formula is C37H39FN4O4S. The van der Waals surface area contributed by atoms with Crippen LogP contribution < -0.4 is 4.74 Å². The van der Waals surface area contributed by atoms with Gasteiger partial charge in [-0.1, -0.05) is 36.9 Å². The molecule has 10 heteroatoms. The molecule has 1 aromatic carbocycles. The van der Waals surface area contributed by atoms with Gasteiger partial charge in [-0.2, -0.15) is 5.10 Å². The fraction of sp³-hybridized carbons (Fsp3) is 0.270. The average Bonchev–Trinajstić information content (AvgIpc) is 3.75. The summed E-state index contributed by atoms with van der Waals surface area (Å²) >= 11 is 1.64. The van der Waals surface area contributed by atoms with Crippen molar-refractivity contribution in [1.29, 1.82) is 0 Å². The van der Waals surface area contributed by atoms with Gasteiger partial charge in [-0.25, -0.2) is 4.39 Å². The highest BCUT2D eigenvalue weighted by Gasteiger charge is 2.30. The van der Waals surface area contributed by atoms with Crippen LogP contribution in [0.2, 0.25) is 0 Å². The van der Waals surface area contributed by atoms with Gasteiger partial charge in [0.15, 0.2) is 0 Å². The van der Waals surface area contributed by atoms with Crippen LogP contribution in [0.5, 0.6) is 5.75 Å². The van der Waals surface area contributed by atoms with Gasteiger partial charge >= 0.3 is 0 Å².